The van der Waals surface area contributed by atoms with Crippen LogP contribution in [-0.2, 0) is 16.6 Å². The molecule has 2 aliphatic rings. The summed E-state index contributed by atoms with van der Waals surface area (Å²) in [5, 5.41) is 3.41. The van der Waals surface area contributed by atoms with Crippen molar-refractivity contribution in [3.05, 3.63) is 94.3 Å². The molecule has 210 valence electrons. The van der Waals surface area contributed by atoms with Crippen LogP contribution in [0.25, 0.3) is 16.9 Å². The van der Waals surface area contributed by atoms with Gasteiger partial charge in [0, 0.05) is 22.7 Å². The fourth-order valence-corrected chi connectivity index (χ4v) is 7.07. The molecule has 0 saturated heterocycles. The third kappa shape index (κ3) is 5.24. The van der Waals surface area contributed by atoms with Crippen LogP contribution >= 0.6 is 11.8 Å². The lowest BCUT2D eigenvalue weighted by Crippen LogP contribution is -2.43. The molecule has 1 fully saturated rings. The summed E-state index contributed by atoms with van der Waals surface area (Å²) < 4.78 is 12.4. The largest absolute Gasteiger partial charge is 0.497 e. The van der Waals surface area contributed by atoms with E-state index in [-0.39, 0.29) is 22.6 Å². The van der Waals surface area contributed by atoms with Crippen LogP contribution in [0.1, 0.15) is 43.2 Å². The average molecular weight is 568 g/mol. The minimum Gasteiger partial charge on any atom is -0.497 e. The Kier molecular flexibility index (Phi) is 7.58. The lowest BCUT2D eigenvalue weighted by atomic mass is 9.62. The van der Waals surface area contributed by atoms with Crippen LogP contribution in [0.15, 0.2) is 82.7 Å². The smallest absolute Gasteiger partial charge is 0.263 e. The van der Waals surface area contributed by atoms with Crippen molar-refractivity contribution >= 4 is 23.4 Å². The fraction of sp³-hybridized carbons (Fsp3) is 0.303. The number of rotatable bonds is 7. The van der Waals surface area contributed by atoms with Gasteiger partial charge in [0.15, 0.2) is 5.16 Å². The first-order chi connectivity index (χ1) is 20.0. The summed E-state index contributed by atoms with van der Waals surface area (Å²) in [4.78, 5) is 32.9. The van der Waals surface area contributed by atoms with E-state index in [0.717, 1.165) is 48.9 Å². The number of amides is 1. The Bertz CT molecular complexity index is 1640. The maximum Gasteiger partial charge on any atom is 0.263 e. The second-order valence-corrected chi connectivity index (χ2v) is 11.6. The van der Waals surface area contributed by atoms with Crippen molar-refractivity contribution in [2.24, 2.45) is 0 Å². The molecule has 1 N–H and O–H groups in total. The number of fused-ring (bicyclic) bond motifs is 4. The number of methoxy groups -OCH3 is 2. The predicted octanol–water partition coefficient (Wildman–Crippen LogP) is 6.41. The molecule has 0 atom stereocenters. The average Bonchev–Trinajstić information content (AvgIpc) is 3.00. The molecule has 7 nitrogen and oxygen atoms in total. The maximum atomic E-state index is 14.7. The minimum absolute atomic E-state index is 0.0577. The minimum atomic E-state index is -0.235. The molecule has 1 aromatic heterocycles. The second kappa shape index (κ2) is 11.4. The molecule has 1 spiro atoms. The normalized spacial score (nSPS) is 15.1. The molecule has 4 aromatic rings. The Labute approximate surface area is 243 Å². The van der Waals surface area contributed by atoms with E-state index in [4.69, 9.17) is 14.5 Å². The van der Waals surface area contributed by atoms with Gasteiger partial charge in [0.1, 0.15) is 11.5 Å². The van der Waals surface area contributed by atoms with Gasteiger partial charge in [-0.15, -0.1) is 0 Å². The zero-order valence-electron chi connectivity index (χ0n) is 23.3. The Morgan fingerprint density at radius 2 is 1.71 bits per heavy atom. The molecule has 0 bridgehead atoms. The molecule has 2 aliphatic carbocycles. The number of aromatic nitrogens is 2. The number of nitrogens with one attached hydrogen (secondary N) is 1. The van der Waals surface area contributed by atoms with Gasteiger partial charge in [-0.25, -0.2) is 4.98 Å². The van der Waals surface area contributed by atoms with Crippen LogP contribution in [0, 0.1) is 0 Å². The second-order valence-electron chi connectivity index (χ2n) is 10.7. The van der Waals surface area contributed by atoms with Gasteiger partial charge < -0.3 is 14.8 Å². The van der Waals surface area contributed by atoms with Gasteiger partial charge in [0.25, 0.3) is 5.56 Å². The summed E-state index contributed by atoms with van der Waals surface area (Å²) in [5.41, 5.74) is 4.88. The van der Waals surface area contributed by atoms with Crippen molar-refractivity contribution in [1.29, 1.82) is 0 Å². The summed E-state index contributed by atoms with van der Waals surface area (Å²) in [6, 6.07) is 23.0. The van der Waals surface area contributed by atoms with Gasteiger partial charge in [-0.1, -0.05) is 61.4 Å². The van der Waals surface area contributed by atoms with E-state index in [1.54, 1.807) is 43.1 Å². The number of hydrogen-bond acceptors (Lipinski definition) is 6. The molecule has 3 aromatic carbocycles. The molecule has 6 rings (SSSR count). The molecular formula is C33H33N3O4S. The van der Waals surface area contributed by atoms with Crippen LogP contribution in [0.5, 0.6) is 11.5 Å². The zero-order valence-corrected chi connectivity index (χ0v) is 24.1. The highest BCUT2D eigenvalue weighted by Gasteiger charge is 2.43. The molecule has 0 radical (unpaired) electrons. The van der Waals surface area contributed by atoms with Crippen LogP contribution in [0.4, 0.5) is 5.69 Å². The standard InChI is InChI=1S/C33H33N3O4S/c1-39-25-15-13-23(14-16-25)34-28(37)21-41-32-35-30-27-12-5-4-9-22(27)20-33(17-6-3-7-18-33)29(30)31(38)36(32)24-10-8-11-26(19-24)40-2/h4-5,8-16,19H,3,6-7,17-18,20-21H2,1-2H3,(H,34,37). The summed E-state index contributed by atoms with van der Waals surface area (Å²) in [7, 11) is 3.21. The Morgan fingerprint density at radius 3 is 2.46 bits per heavy atom. The Hall–Kier alpha value is -4.04. The molecule has 1 saturated carbocycles. The third-order valence-corrected chi connectivity index (χ3v) is 9.15. The molecule has 0 unspecified atom stereocenters. The van der Waals surface area contributed by atoms with Gasteiger partial charge in [-0.3, -0.25) is 14.2 Å². The number of ether oxygens (including phenoxy) is 2. The van der Waals surface area contributed by atoms with Crippen molar-refractivity contribution < 1.29 is 14.3 Å². The molecular weight excluding hydrogens is 534 g/mol. The van der Waals surface area contributed by atoms with Gasteiger partial charge in [0.2, 0.25) is 5.91 Å². The number of nitrogens with zero attached hydrogens (tertiary/aromatic N) is 2. The van der Waals surface area contributed by atoms with Gasteiger partial charge in [-0.05, 0) is 61.2 Å². The fourth-order valence-electron chi connectivity index (χ4n) is 6.26. The van der Waals surface area contributed by atoms with Crippen molar-refractivity contribution in [2.75, 3.05) is 25.3 Å². The van der Waals surface area contributed by atoms with E-state index in [9.17, 15) is 9.59 Å². The topological polar surface area (TPSA) is 82.5 Å². The first-order valence-electron chi connectivity index (χ1n) is 14.0. The van der Waals surface area contributed by atoms with Gasteiger partial charge in [-0.2, -0.15) is 0 Å². The molecule has 1 heterocycles. The summed E-state index contributed by atoms with van der Waals surface area (Å²) >= 11 is 1.26. The monoisotopic (exact) mass is 567 g/mol. The van der Waals surface area contributed by atoms with E-state index in [1.807, 2.05) is 30.3 Å². The van der Waals surface area contributed by atoms with Crippen LogP contribution in [0.3, 0.4) is 0 Å². The highest BCUT2D eigenvalue weighted by Crippen LogP contribution is 2.49. The van der Waals surface area contributed by atoms with Crippen molar-refractivity contribution in [3.63, 3.8) is 0 Å². The summed E-state index contributed by atoms with van der Waals surface area (Å²) in [5.74, 6) is 1.27. The van der Waals surface area contributed by atoms with Gasteiger partial charge >= 0.3 is 0 Å². The molecule has 8 heteroatoms. The SMILES string of the molecule is COc1ccc(NC(=O)CSc2nc3c(c(=O)n2-c2cccc(OC)c2)C2(CCCCC2)Cc2ccccc2-3)cc1. The first kappa shape index (κ1) is 27.1. The molecule has 1 amide bonds. The van der Waals surface area contributed by atoms with E-state index in [0.29, 0.717) is 28.0 Å². The van der Waals surface area contributed by atoms with E-state index in [1.165, 1.54) is 23.7 Å². The lowest BCUT2D eigenvalue weighted by molar-refractivity contribution is -0.113. The van der Waals surface area contributed by atoms with Crippen LogP contribution in [0.2, 0.25) is 0 Å². The highest BCUT2D eigenvalue weighted by atomic mass is 32.2. The predicted molar refractivity (Wildman–Crippen MR) is 163 cm³/mol. The Morgan fingerprint density at radius 1 is 0.951 bits per heavy atom. The Balaban J connectivity index is 1.45. The number of carbonyl (C=O) groups is 1. The van der Waals surface area contributed by atoms with Gasteiger partial charge in [0.05, 0.1) is 36.9 Å². The number of thioether (sulfide) groups is 1. The number of anilines is 1. The number of hydrogen-bond donors (Lipinski definition) is 1. The van der Waals surface area contributed by atoms with E-state index < -0.39 is 0 Å². The van der Waals surface area contributed by atoms with Crippen LogP contribution in [-0.4, -0.2) is 35.4 Å². The first-order valence-corrected chi connectivity index (χ1v) is 15.0. The number of carbonyl (C=O) groups excluding carboxylic acids is 1. The van der Waals surface area contributed by atoms with E-state index in [2.05, 4.69) is 23.5 Å². The molecule has 0 aliphatic heterocycles. The molecule has 41 heavy (non-hydrogen) atoms. The summed E-state index contributed by atoms with van der Waals surface area (Å²) in [6.07, 6.45) is 6.18. The lowest BCUT2D eigenvalue weighted by Gasteiger charge is -2.42. The van der Waals surface area contributed by atoms with Crippen LogP contribution < -0.4 is 20.3 Å². The number of benzene rings is 3. The summed E-state index contributed by atoms with van der Waals surface area (Å²) in [6.45, 7) is 0. The third-order valence-electron chi connectivity index (χ3n) is 8.21. The maximum absolute atomic E-state index is 14.7. The highest BCUT2D eigenvalue weighted by molar-refractivity contribution is 7.99. The zero-order chi connectivity index (χ0) is 28.4. The van der Waals surface area contributed by atoms with Crippen molar-refractivity contribution in [2.45, 2.75) is 49.1 Å². The van der Waals surface area contributed by atoms with E-state index >= 15 is 0 Å². The van der Waals surface area contributed by atoms with Crippen molar-refractivity contribution in [3.8, 4) is 28.4 Å². The quantitative estimate of drug-likeness (QED) is 0.205. The van der Waals surface area contributed by atoms with Crippen molar-refractivity contribution in [1.82, 2.24) is 9.55 Å².